The minimum atomic E-state index is -1.02. The maximum atomic E-state index is 11.8. The molecule has 6 nitrogen and oxygen atoms in total. The van der Waals surface area contributed by atoms with Crippen LogP contribution >= 0.6 is 15.9 Å². The van der Waals surface area contributed by atoms with Gasteiger partial charge < -0.3 is 10.5 Å². The van der Waals surface area contributed by atoms with Gasteiger partial charge >= 0.3 is 6.03 Å². The molecular weight excluding hydrogens is 386 g/mol. The smallest absolute Gasteiger partial charge is 0.319 e. The number of rotatable bonds is 5. The quantitative estimate of drug-likeness (QED) is 0.594. The summed E-state index contributed by atoms with van der Waals surface area (Å²) in [7, 11) is 0. The minimum Gasteiger partial charge on any atom is -0.488 e. The maximum absolute atomic E-state index is 11.8. The van der Waals surface area contributed by atoms with Crippen LogP contribution in [0.15, 0.2) is 58.6 Å². The average Bonchev–Trinajstić information content (AvgIpc) is 2.59. The van der Waals surface area contributed by atoms with Crippen LogP contribution in [0.3, 0.4) is 0 Å². The zero-order chi connectivity index (χ0) is 18.2. The van der Waals surface area contributed by atoms with Crippen molar-refractivity contribution in [2.75, 3.05) is 0 Å². The second kappa shape index (κ2) is 8.66. The first-order valence-electron chi connectivity index (χ1n) is 7.18. The lowest BCUT2D eigenvalue weighted by Gasteiger charge is -2.10. The lowest BCUT2D eigenvalue weighted by atomic mass is 10.1. The molecule has 7 heteroatoms. The Labute approximate surface area is 153 Å². The van der Waals surface area contributed by atoms with Crippen LogP contribution in [0.25, 0.3) is 6.08 Å². The molecule has 0 aliphatic heterocycles. The number of nitrogens with zero attached hydrogens (tertiary/aromatic N) is 1. The van der Waals surface area contributed by atoms with Crippen LogP contribution in [-0.4, -0.2) is 11.9 Å². The third kappa shape index (κ3) is 5.48. The number of carbonyl (C=O) groups excluding carboxylic acids is 2. The summed E-state index contributed by atoms with van der Waals surface area (Å²) in [6.07, 6.45) is 1.34. The topological polar surface area (TPSA) is 105 Å². The Morgan fingerprint density at radius 2 is 1.88 bits per heavy atom. The molecule has 0 aliphatic rings. The first kappa shape index (κ1) is 18.2. The highest BCUT2D eigenvalue weighted by Gasteiger charge is 2.12. The number of carbonyl (C=O) groups is 2. The number of benzene rings is 2. The number of hydrogen-bond donors (Lipinski definition) is 2. The van der Waals surface area contributed by atoms with Crippen molar-refractivity contribution in [2.45, 2.75) is 6.61 Å². The summed E-state index contributed by atoms with van der Waals surface area (Å²) in [6, 6.07) is 15.3. The number of ether oxygens (including phenoxy) is 1. The van der Waals surface area contributed by atoms with E-state index in [0.29, 0.717) is 17.9 Å². The Kier molecular flexibility index (Phi) is 6.32. The molecule has 0 saturated heterocycles. The standard InChI is InChI=1S/C18H14BrN3O3/c19-15-7-5-12(6-8-15)11-25-16-4-2-1-3-13(16)9-14(10-20)17(23)22-18(21)24/h1-9H,11H2,(H3,21,22,23,24)/b14-9-. The Morgan fingerprint density at radius 1 is 1.20 bits per heavy atom. The van der Waals surface area contributed by atoms with Gasteiger partial charge in [0.15, 0.2) is 0 Å². The van der Waals surface area contributed by atoms with Gasteiger partial charge in [0, 0.05) is 10.0 Å². The summed E-state index contributed by atoms with van der Waals surface area (Å²) in [5.41, 5.74) is 6.15. The number of primary amides is 1. The minimum absolute atomic E-state index is 0.251. The predicted octanol–water partition coefficient (Wildman–Crippen LogP) is 3.13. The highest BCUT2D eigenvalue weighted by molar-refractivity contribution is 9.10. The number of nitrogens with two attached hydrogens (primary N) is 1. The van der Waals surface area contributed by atoms with Crippen LogP contribution in [0, 0.1) is 11.3 Å². The number of hydrogen-bond acceptors (Lipinski definition) is 4. The lowest BCUT2D eigenvalue weighted by Crippen LogP contribution is -2.35. The number of imide groups is 1. The number of nitriles is 1. The van der Waals surface area contributed by atoms with Gasteiger partial charge in [-0.05, 0) is 29.8 Å². The summed E-state index contributed by atoms with van der Waals surface area (Å²) in [5.74, 6) is -0.359. The van der Waals surface area contributed by atoms with Crippen molar-refractivity contribution in [3.8, 4) is 11.8 Å². The molecule has 2 rings (SSSR count). The van der Waals surface area contributed by atoms with Crippen LogP contribution in [0.2, 0.25) is 0 Å². The first-order chi connectivity index (χ1) is 12.0. The van der Waals surface area contributed by atoms with Crippen LogP contribution in [-0.2, 0) is 11.4 Å². The summed E-state index contributed by atoms with van der Waals surface area (Å²) in [5, 5.41) is 11.0. The van der Waals surface area contributed by atoms with Crippen LogP contribution in [0.5, 0.6) is 5.75 Å². The van der Waals surface area contributed by atoms with Crippen LogP contribution in [0.4, 0.5) is 4.79 Å². The SMILES string of the molecule is N#C/C(=C/c1ccccc1OCc1ccc(Br)cc1)C(=O)NC(N)=O. The number of para-hydroxylation sites is 1. The third-order valence-electron chi connectivity index (χ3n) is 3.13. The molecule has 2 aromatic carbocycles. The third-order valence-corrected chi connectivity index (χ3v) is 3.66. The molecule has 0 unspecified atom stereocenters. The van der Waals surface area contributed by atoms with Crippen molar-refractivity contribution in [3.05, 3.63) is 69.7 Å². The summed E-state index contributed by atoms with van der Waals surface area (Å²) >= 11 is 3.37. The zero-order valence-corrected chi connectivity index (χ0v) is 14.6. The van der Waals surface area contributed by atoms with Crippen molar-refractivity contribution < 1.29 is 14.3 Å². The summed E-state index contributed by atoms with van der Waals surface area (Å²) in [6.45, 7) is 0.327. The molecule has 0 spiro atoms. The fourth-order valence-corrected chi connectivity index (χ4v) is 2.22. The van der Waals surface area contributed by atoms with E-state index in [1.807, 2.05) is 29.6 Å². The van der Waals surface area contributed by atoms with E-state index in [-0.39, 0.29) is 5.57 Å². The van der Waals surface area contributed by atoms with Gasteiger partial charge in [0.25, 0.3) is 5.91 Å². The van der Waals surface area contributed by atoms with Gasteiger partial charge in [-0.15, -0.1) is 0 Å². The molecule has 0 heterocycles. The van der Waals surface area contributed by atoms with Gasteiger partial charge in [-0.2, -0.15) is 5.26 Å². The van der Waals surface area contributed by atoms with Crippen LogP contribution < -0.4 is 15.8 Å². The van der Waals surface area contributed by atoms with Gasteiger partial charge in [-0.25, -0.2) is 4.79 Å². The average molecular weight is 400 g/mol. The second-order valence-corrected chi connectivity index (χ2v) is 5.86. The van der Waals surface area contributed by atoms with E-state index in [4.69, 9.17) is 15.7 Å². The molecule has 126 valence electrons. The van der Waals surface area contributed by atoms with Crippen molar-refractivity contribution in [2.24, 2.45) is 5.73 Å². The van der Waals surface area contributed by atoms with Gasteiger partial charge in [0.05, 0.1) is 0 Å². The normalized spacial score (nSPS) is 10.6. The lowest BCUT2D eigenvalue weighted by molar-refractivity contribution is -0.115. The van der Waals surface area contributed by atoms with Crippen molar-refractivity contribution in [1.29, 1.82) is 5.26 Å². The van der Waals surface area contributed by atoms with Crippen molar-refractivity contribution >= 4 is 33.9 Å². The molecule has 2 aromatic rings. The van der Waals surface area contributed by atoms with Gasteiger partial charge in [0.1, 0.15) is 24.0 Å². The summed E-state index contributed by atoms with van der Waals surface area (Å²) in [4.78, 5) is 22.5. The molecule has 0 saturated carbocycles. The first-order valence-corrected chi connectivity index (χ1v) is 7.97. The van der Waals surface area contributed by atoms with E-state index >= 15 is 0 Å². The largest absolute Gasteiger partial charge is 0.488 e. The predicted molar refractivity (Wildman–Crippen MR) is 96.2 cm³/mol. The highest BCUT2D eigenvalue weighted by Crippen LogP contribution is 2.22. The molecule has 0 aromatic heterocycles. The molecule has 0 aliphatic carbocycles. The molecule has 0 bridgehead atoms. The number of halogens is 1. The van der Waals surface area contributed by atoms with E-state index in [1.54, 1.807) is 30.3 Å². The Morgan fingerprint density at radius 3 is 2.52 bits per heavy atom. The molecular formula is C18H14BrN3O3. The fraction of sp³-hybridized carbons (Fsp3) is 0.0556. The van der Waals surface area contributed by atoms with Crippen molar-refractivity contribution in [1.82, 2.24) is 5.32 Å². The Balaban J connectivity index is 2.20. The number of amides is 3. The molecule has 3 amide bonds. The van der Waals surface area contributed by atoms with E-state index in [0.717, 1.165) is 10.0 Å². The maximum Gasteiger partial charge on any atom is 0.319 e. The van der Waals surface area contributed by atoms with Crippen molar-refractivity contribution in [3.63, 3.8) is 0 Å². The Hall–Kier alpha value is -3.11. The second-order valence-electron chi connectivity index (χ2n) is 4.94. The van der Waals surface area contributed by atoms with E-state index < -0.39 is 11.9 Å². The molecule has 0 atom stereocenters. The zero-order valence-electron chi connectivity index (χ0n) is 13.0. The monoisotopic (exact) mass is 399 g/mol. The number of urea groups is 1. The van der Waals surface area contributed by atoms with Gasteiger partial charge in [0.2, 0.25) is 0 Å². The molecule has 25 heavy (non-hydrogen) atoms. The van der Waals surface area contributed by atoms with E-state index in [1.165, 1.54) is 6.08 Å². The highest BCUT2D eigenvalue weighted by atomic mass is 79.9. The Bertz CT molecular complexity index is 855. The molecule has 0 radical (unpaired) electrons. The molecule has 0 fully saturated rings. The van der Waals surface area contributed by atoms with E-state index in [2.05, 4.69) is 15.9 Å². The fourth-order valence-electron chi connectivity index (χ4n) is 1.96. The van der Waals surface area contributed by atoms with E-state index in [9.17, 15) is 9.59 Å². The van der Waals surface area contributed by atoms with Gasteiger partial charge in [-0.1, -0.05) is 46.3 Å². The number of nitrogens with one attached hydrogen (secondary N) is 1. The summed E-state index contributed by atoms with van der Waals surface area (Å²) < 4.78 is 6.75. The molecule has 3 N–H and O–H groups in total. The van der Waals surface area contributed by atoms with Crippen LogP contribution in [0.1, 0.15) is 11.1 Å². The van der Waals surface area contributed by atoms with Gasteiger partial charge in [-0.3, -0.25) is 10.1 Å².